The number of carbonyl (C=O) groups is 1. The molecule has 4 aromatic rings. The molecule has 0 spiro atoms. The van der Waals surface area contributed by atoms with E-state index in [4.69, 9.17) is 4.74 Å². The van der Waals surface area contributed by atoms with Crippen LogP contribution in [0.15, 0.2) is 84.4 Å². The van der Waals surface area contributed by atoms with Crippen LogP contribution in [0, 0.1) is 0 Å². The molecule has 134 valence electrons. The Morgan fingerprint density at radius 1 is 1.07 bits per heavy atom. The van der Waals surface area contributed by atoms with Crippen LogP contribution in [0.25, 0.3) is 21.0 Å². The first-order valence-corrected chi connectivity index (χ1v) is 9.45. The predicted octanol–water partition coefficient (Wildman–Crippen LogP) is 4.55. The number of benzene rings is 3. The van der Waals surface area contributed by atoms with E-state index in [2.05, 4.69) is 35.8 Å². The van der Waals surface area contributed by atoms with E-state index in [0.29, 0.717) is 17.1 Å². The maximum absolute atomic E-state index is 12.4. The lowest BCUT2D eigenvalue weighted by Gasteiger charge is -2.03. The summed E-state index contributed by atoms with van der Waals surface area (Å²) in [6, 6.07) is 21.7. The fraction of sp³-hybridized carbons (Fsp3) is 0.0909. The zero-order chi connectivity index (χ0) is 18.6. The molecule has 1 aromatic heterocycles. The number of hydrogen-bond acceptors (Lipinski definition) is 3. The monoisotopic (exact) mass is 374 g/mol. The molecule has 4 rings (SSSR count). The van der Waals surface area contributed by atoms with Gasteiger partial charge in [-0.2, -0.15) is 4.99 Å². The van der Waals surface area contributed by atoms with E-state index < -0.39 is 0 Å². The number of nitrogens with zero attached hydrogens (tertiary/aromatic N) is 2. The second-order valence-electron chi connectivity index (χ2n) is 6.03. The first-order chi connectivity index (χ1) is 13.3. The number of fused-ring (bicyclic) bond motifs is 3. The van der Waals surface area contributed by atoms with Gasteiger partial charge in [-0.25, -0.2) is 0 Å². The fourth-order valence-corrected chi connectivity index (χ4v) is 4.18. The number of aromatic nitrogens is 1. The molecule has 0 bridgehead atoms. The molecule has 0 aliphatic rings. The third kappa shape index (κ3) is 3.55. The number of amides is 1. The molecule has 0 unspecified atom stereocenters. The smallest absolute Gasteiger partial charge is 0.286 e. The van der Waals surface area contributed by atoms with Crippen molar-refractivity contribution >= 4 is 38.2 Å². The first-order valence-electron chi connectivity index (χ1n) is 8.63. The first kappa shape index (κ1) is 17.2. The van der Waals surface area contributed by atoms with Crippen molar-refractivity contribution in [2.24, 2.45) is 4.99 Å². The number of para-hydroxylation sites is 1. The average molecular weight is 374 g/mol. The highest BCUT2D eigenvalue weighted by atomic mass is 32.1. The van der Waals surface area contributed by atoms with Crippen LogP contribution in [-0.4, -0.2) is 17.1 Å². The van der Waals surface area contributed by atoms with Crippen molar-refractivity contribution in [2.45, 2.75) is 6.54 Å². The number of rotatable bonds is 5. The Kier molecular flexibility index (Phi) is 4.85. The summed E-state index contributed by atoms with van der Waals surface area (Å²) >= 11 is 1.52. The minimum absolute atomic E-state index is 0.0902. The second-order valence-corrected chi connectivity index (χ2v) is 7.00. The van der Waals surface area contributed by atoms with Crippen LogP contribution in [0.1, 0.15) is 0 Å². The molecule has 27 heavy (non-hydrogen) atoms. The van der Waals surface area contributed by atoms with Crippen LogP contribution in [0.3, 0.4) is 0 Å². The summed E-state index contributed by atoms with van der Waals surface area (Å²) in [4.78, 5) is 17.3. The Labute approximate surface area is 160 Å². The van der Waals surface area contributed by atoms with E-state index in [1.807, 2.05) is 53.1 Å². The highest BCUT2D eigenvalue weighted by molar-refractivity contribution is 7.17. The summed E-state index contributed by atoms with van der Waals surface area (Å²) < 4.78 is 8.65. The largest absolute Gasteiger partial charge is 0.484 e. The zero-order valence-corrected chi connectivity index (χ0v) is 15.5. The predicted molar refractivity (Wildman–Crippen MR) is 110 cm³/mol. The molecule has 0 aliphatic carbocycles. The second kappa shape index (κ2) is 7.60. The number of hydrogen-bond donors (Lipinski definition) is 0. The number of thiazole rings is 1. The molecule has 0 aliphatic heterocycles. The average Bonchev–Trinajstić information content (AvgIpc) is 3.05. The molecular weight excluding hydrogens is 356 g/mol. The van der Waals surface area contributed by atoms with Gasteiger partial charge in [0.2, 0.25) is 0 Å². The Morgan fingerprint density at radius 3 is 2.67 bits per heavy atom. The number of carbonyl (C=O) groups excluding carboxylic acids is 1. The molecule has 0 radical (unpaired) electrons. The highest BCUT2D eigenvalue weighted by Gasteiger charge is 2.10. The van der Waals surface area contributed by atoms with Crippen molar-refractivity contribution < 1.29 is 9.53 Å². The molecule has 0 saturated heterocycles. The lowest BCUT2D eigenvalue weighted by atomic mass is 10.1. The Bertz CT molecular complexity index is 1190. The quantitative estimate of drug-likeness (QED) is 0.481. The highest BCUT2D eigenvalue weighted by Crippen LogP contribution is 2.27. The summed E-state index contributed by atoms with van der Waals surface area (Å²) in [7, 11) is 0. The molecule has 4 nitrogen and oxygen atoms in total. The number of ether oxygens (including phenoxy) is 1. The number of allylic oxidation sites excluding steroid dienone is 1. The van der Waals surface area contributed by atoms with Gasteiger partial charge in [-0.1, -0.05) is 65.9 Å². The fourth-order valence-electron chi connectivity index (χ4n) is 2.99. The van der Waals surface area contributed by atoms with Gasteiger partial charge in [-0.05, 0) is 23.6 Å². The van der Waals surface area contributed by atoms with Crippen LogP contribution < -0.4 is 9.54 Å². The van der Waals surface area contributed by atoms with E-state index in [0.717, 1.165) is 15.6 Å². The van der Waals surface area contributed by atoms with E-state index in [9.17, 15) is 4.79 Å². The lowest BCUT2D eigenvalue weighted by Crippen LogP contribution is -2.19. The third-order valence-corrected chi connectivity index (χ3v) is 5.34. The molecule has 1 amide bonds. The van der Waals surface area contributed by atoms with Gasteiger partial charge in [0.1, 0.15) is 5.75 Å². The van der Waals surface area contributed by atoms with Crippen LogP contribution in [-0.2, 0) is 11.3 Å². The normalized spacial score (nSPS) is 11.8. The van der Waals surface area contributed by atoms with Crippen molar-refractivity contribution in [2.75, 3.05) is 6.61 Å². The van der Waals surface area contributed by atoms with Gasteiger partial charge in [0.15, 0.2) is 11.4 Å². The third-order valence-electron chi connectivity index (χ3n) is 4.21. The topological polar surface area (TPSA) is 43.6 Å². The Hall–Kier alpha value is -3.18. The minimum atomic E-state index is -0.312. The van der Waals surface area contributed by atoms with Gasteiger partial charge < -0.3 is 9.30 Å². The van der Waals surface area contributed by atoms with E-state index in [-0.39, 0.29) is 12.5 Å². The standard InChI is InChI=1S/C22H18N2O2S/c1-2-14-24-19-13-12-16-8-6-7-11-18(16)21(19)27-22(24)23-20(25)15-26-17-9-4-3-5-10-17/h2-13H,1,14-15H2. The van der Waals surface area contributed by atoms with Crippen LogP contribution in [0.2, 0.25) is 0 Å². The van der Waals surface area contributed by atoms with E-state index in [1.54, 1.807) is 0 Å². The van der Waals surface area contributed by atoms with E-state index in [1.165, 1.54) is 16.7 Å². The van der Waals surface area contributed by atoms with Gasteiger partial charge in [-0.3, -0.25) is 4.79 Å². The molecule has 5 heteroatoms. The molecule has 0 atom stereocenters. The maximum atomic E-state index is 12.4. The summed E-state index contributed by atoms with van der Waals surface area (Å²) in [5.41, 5.74) is 1.05. The van der Waals surface area contributed by atoms with Gasteiger partial charge >= 0.3 is 0 Å². The summed E-state index contributed by atoms with van der Waals surface area (Å²) in [5.74, 6) is 0.342. The van der Waals surface area contributed by atoms with Crippen molar-refractivity contribution in [3.63, 3.8) is 0 Å². The summed E-state index contributed by atoms with van der Waals surface area (Å²) in [6.07, 6.45) is 1.81. The SMILES string of the molecule is C=CCn1c(=NC(=O)COc2ccccc2)sc2c3ccccc3ccc21. The Balaban J connectivity index is 1.74. The molecule has 0 fully saturated rings. The van der Waals surface area contributed by atoms with Crippen molar-refractivity contribution in [3.8, 4) is 5.75 Å². The van der Waals surface area contributed by atoms with Gasteiger partial charge in [0.05, 0.1) is 10.2 Å². The Morgan fingerprint density at radius 2 is 1.85 bits per heavy atom. The molecule has 0 saturated carbocycles. The van der Waals surface area contributed by atoms with Crippen LogP contribution in [0.4, 0.5) is 0 Å². The lowest BCUT2D eigenvalue weighted by molar-refractivity contribution is -0.120. The van der Waals surface area contributed by atoms with Gasteiger partial charge in [0.25, 0.3) is 5.91 Å². The van der Waals surface area contributed by atoms with Gasteiger partial charge in [-0.15, -0.1) is 6.58 Å². The van der Waals surface area contributed by atoms with Crippen LogP contribution >= 0.6 is 11.3 Å². The van der Waals surface area contributed by atoms with Crippen LogP contribution in [0.5, 0.6) is 5.75 Å². The van der Waals surface area contributed by atoms with E-state index >= 15 is 0 Å². The summed E-state index contributed by atoms with van der Waals surface area (Å²) in [5, 5.41) is 2.33. The zero-order valence-electron chi connectivity index (χ0n) is 14.7. The molecule has 3 aromatic carbocycles. The molecule has 0 N–H and O–H groups in total. The van der Waals surface area contributed by atoms with Gasteiger partial charge in [0, 0.05) is 11.9 Å². The van der Waals surface area contributed by atoms with Crippen molar-refractivity contribution in [3.05, 3.63) is 84.2 Å². The summed E-state index contributed by atoms with van der Waals surface area (Å²) in [6.45, 7) is 4.33. The maximum Gasteiger partial charge on any atom is 0.286 e. The van der Waals surface area contributed by atoms with Crippen molar-refractivity contribution in [1.29, 1.82) is 0 Å². The minimum Gasteiger partial charge on any atom is -0.484 e. The molecule has 1 heterocycles. The van der Waals surface area contributed by atoms with Crippen molar-refractivity contribution in [1.82, 2.24) is 4.57 Å². The molecular formula is C22H18N2O2S.